The van der Waals surface area contributed by atoms with Crippen molar-refractivity contribution < 1.29 is 33.3 Å². The minimum absolute atomic E-state index is 0.0685. The lowest BCUT2D eigenvalue weighted by Gasteiger charge is -2.45. The molecule has 2 aliphatic rings. The number of methoxy groups -OCH3 is 1. The summed E-state index contributed by atoms with van der Waals surface area (Å²) in [6.07, 6.45) is -0.336. The summed E-state index contributed by atoms with van der Waals surface area (Å²) in [5, 5.41) is 0. The summed E-state index contributed by atoms with van der Waals surface area (Å²) in [7, 11) is 1.63. The molecule has 0 N–H and O–H groups in total. The van der Waals surface area contributed by atoms with Crippen LogP contribution in [0, 0.1) is 29.6 Å². The number of hydrogen-bond acceptors (Lipinski definition) is 7. The van der Waals surface area contributed by atoms with Gasteiger partial charge in [-0.3, -0.25) is 9.59 Å². The molecule has 4 rings (SSSR count). The number of esters is 1. The average Bonchev–Trinajstić information content (AvgIpc) is 3.01. The number of ether oxygens (including phenoxy) is 5. The zero-order chi connectivity index (χ0) is 30.4. The average molecular weight is 581 g/mol. The van der Waals surface area contributed by atoms with Crippen LogP contribution in [0.25, 0.3) is 0 Å². The number of rotatable bonds is 6. The Bertz CT molecular complexity index is 1150. The van der Waals surface area contributed by atoms with Crippen LogP contribution in [-0.2, 0) is 35.1 Å². The molecule has 230 valence electrons. The van der Waals surface area contributed by atoms with E-state index >= 15 is 0 Å². The molecule has 2 fully saturated rings. The van der Waals surface area contributed by atoms with Crippen molar-refractivity contribution in [3.05, 3.63) is 65.7 Å². The minimum Gasteiger partial charge on any atom is -0.497 e. The Morgan fingerprint density at radius 3 is 2.14 bits per heavy atom. The van der Waals surface area contributed by atoms with Gasteiger partial charge in [-0.1, -0.05) is 77.1 Å². The second-order valence-corrected chi connectivity index (χ2v) is 12.2. The molecule has 2 heterocycles. The lowest BCUT2D eigenvalue weighted by Crippen LogP contribution is -2.50. The summed E-state index contributed by atoms with van der Waals surface area (Å²) >= 11 is 0. The summed E-state index contributed by atoms with van der Waals surface area (Å²) < 4.78 is 31.0. The monoisotopic (exact) mass is 580 g/mol. The highest BCUT2D eigenvalue weighted by molar-refractivity contribution is 5.81. The maximum atomic E-state index is 13.7. The number of ketones is 1. The zero-order valence-corrected chi connectivity index (χ0v) is 26.2. The van der Waals surface area contributed by atoms with Crippen molar-refractivity contribution in [1.82, 2.24) is 0 Å². The van der Waals surface area contributed by atoms with E-state index in [1.54, 1.807) is 7.11 Å². The van der Waals surface area contributed by atoms with Crippen LogP contribution in [-0.4, -0.2) is 43.3 Å². The highest BCUT2D eigenvalue weighted by Gasteiger charge is 2.46. The van der Waals surface area contributed by atoms with Gasteiger partial charge in [-0.15, -0.1) is 0 Å². The Labute approximate surface area is 251 Å². The molecule has 42 heavy (non-hydrogen) atoms. The third-order valence-electron chi connectivity index (χ3n) is 9.32. The van der Waals surface area contributed by atoms with E-state index in [0.29, 0.717) is 25.9 Å². The fourth-order valence-electron chi connectivity index (χ4n) is 6.52. The lowest BCUT2D eigenvalue weighted by molar-refractivity contribution is -0.290. The number of benzene rings is 2. The van der Waals surface area contributed by atoms with E-state index in [0.717, 1.165) is 16.9 Å². The quantitative estimate of drug-likeness (QED) is 0.343. The molecule has 2 aromatic rings. The van der Waals surface area contributed by atoms with Crippen molar-refractivity contribution in [2.45, 2.75) is 98.1 Å². The van der Waals surface area contributed by atoms with Gasteiger partial charge in [0.25, 0.3) is 0 Å². The molecule has 0 spiro atoms. The first-order valence-corrected chi connectivity index (χ1v) is 15.5. The molecule has 2 bridgehead atoms. The SMILES string of the molecule is CC[C@H]1OC(=O)[C@H](C)[C@H]2O[C@@H](c3ccc(OC)cc3)O[C@H]([C@H]2C)[C@@H](C)CCC(=O)[C@H](C)[C@@H](OCc2ccccc2)[C@H]1C. The second-order valence-electron chi connectivity index (χ2n) is 12.2. The van der Waals surface area contributed by atoms with Crippen LogP contribution in [0.15, 0.2) is 54.6 Å². The fourth-order valence-corrected chi connectivity index (χ4v) is 6.52. The Hall–Kier alpha value is -2.74. The summed E-state index contributed by atoms with van der Waals surface area (Å²) in [5.74, 6) is -0.447. The van der Waals surface area contributed by atoms with Crippen molar-refractivity contribution in [1.29, 1.82) is 0 Å². The van der Waals surface area contributed by atoms with Gasteiger partial charge in [-0.05, 0) is 43.4 Å². The van der Waals surface area contributed by atoms with E-state index < -0.39 is 30.5 Å². The number of carbonyl (C=O) groups excluding carboxylic acids is 2. The number of fused-ring (bicyclic) bond motifs is 2. The Morgan fingerprint density at radius 2 is 1.50 bits per heavy atom. The summed E-state index contributed by atoms with van der Waals surface area (Å²) in [4.78, 5) is 27.4. The summed E-state index contributed by atoms with van der Waals surface area (Å²) in [6, 6.07) is 17.6. The van der Waals surface area contributed by atoms with Crippen LogP contribution in [0.2, 0.25) is 0 Å². The first-order chi connectivity index (χ1) is 20.1. The Morgan fingerprint density at radius 1 is 0.833 bits per heavy atom. The molecule has 0 unspecified atom stereocenters. The minimum atomic E-state index is -0.640. The molecule has 7 nitrogen and oxygen atoms in total. The van der Waals surface area contributed by atoms with Crippen LogP contribution in [0.5, 0.6) is 5.75 Å². The van der Waals surface area contributed by atoms with Crippen molar-refractivity contribution in [3.63, 3.8) is 0 Å². The van der Waals surface area contributed by atoms with Crippen LogP contribution in [0.4, 0.5) is 0 Å². The first kappa shape index (κ1) is 32.2. The Kier molecular flexibility index (Phi) is 11.2. The topological polar surface area (TPSA) is 80.3 Å². The predicted octanol–water partition coefficient (Wildman–Crippen LogP) is 6.93. The van der Waals surface area contributed by atoms with Crippen molar-refractivity contribution in [2.75, 3.05) is 7.11 Å². The van der Waals surface area contributed by atoms with Crippen LogP contribution < -0.4 is 4.74 Å². The van der Waals surface area contributed by atoms with Gasteiger partial charge in [0.05, 0.1) is 37.9 Å². The van der Waals surface area contributed by atoms with Gasteiger partial charge < -0.3 is 23.7 Å². The molecule has 0 aliphatic carbocycles. The van der Waals surface area contributed by atoms with E-state index in [1.165, 1.54) is 0 Å². The van der Waals surface area contributed by atoms with E-state index in [1.807, 2.05) is 82.3 Å². The molecule has 10 atom stereocenters. The van der Waals surface area contributed by atoms with Crippen molar-refractivity contribution in [2.24, 2.45) is 29.6 Å². The van der Waals surface area contributed by atoms with Gasteiger partial charge in [0.2, 0.25) is 0 Å². The zero-order valence-electron chi connectivity index (χ0n) is 26.2. The molecule has 0 amide bonds. The van der Waals surface area contributed by atoms with E-state index in [4.69, 9.17) is 23.7 Å². The van der Waals surface area contributed by atoms with Gasteiger partial charge in [0, 0.05) is 29.7 Å². The van der Waals surface area contributed by atoms with Gasteiger partial charge in [0.1, 0.15) is 17.6 Å². The Balaban J connectivity index is 1.62. The smallest absolute Gasteiger partial charge is 0.311 e. The summed E-state index contributed by atoms with van der Waals surface area (Å²) in [5.41, 5.74) is 1.90. The molecular weight excluding hydrogens is 532 g/mol. The van der Waals surface area contributed by atoms with E-state index in [-0.39, 0.29) is 41.5 Å². The number of cyclic esters (lactones) is 1. The largest absolute Gasteiger partial charge is 0.497 e. The fraction of sp³-hybridized carbons (Fsp3) is 0.600. The van der Waals surface area contributed by atoms with Gasteiger partial charge in [-0.2, -0.15) is 0 Å². The second kappa shape index (κ2) is 14.6. The predicted molar refractivity (Wildman–Crippen MR) is 161 cm³/mol. The molecule has 7 heteroatoms. The van der Waals surface area contributed by atoms with Gasteiger partial charge >= 0.3 is 5.97 Å². The highest BCUT2D eigenvalue weighted by Crippen LogP contribution is 2.41. The van der Waals surface area contributed by atoms with Gasteiger partial charge in [-0.25, -0.2) is 0 Å². The molecule has 0 radical (unpaired) electrons. The van der Waals surface area contributed by atoms with Crippen molar-refractivity contribution >= 4 is 11.8 Å². The first-order valence-electron chi connectivity index (χ1n) is 15.5. The van der Waals surface area contributed by atoms with Crippen LogP contribution in [0.3, 0.4) is 0 Å². The maximum absolute atomic E-state index is 13.7. The maximum Gasteiger partial charge on any atom is 0.311 e. The van der Waals surface area contributed by atoms with Crippen molar-refractivity contribution in [3.8, 4) is 5.75 Å². The summed E-state index contributed by atoms with van der Waals surface area (Å²) in [6.45, 7) is 12.5. The number of carbonyl (C=O) groups is 2. The molecule has 2 aliphatic heterocycles. The number of Topliss-reactive ketones (excluding diaryl/α,β-unsaturated/α-hetero) is 1. The third-order valence-corrected chi connectivity index (χ3v) is 9.32. The van der Waals surface area contributed by atoms with Gasteiger partial charge in [0.15, 0.2) is 6.29 Å². The van der Waals surface area contributed by atoms with Crippen LogP contribution in [0.1, 0.15) is 78.2 Å². The van der Waals surface area contributed by atoms with E-state index in [9.17, 15) is 9.59 Å². The molecular formula is C35H48O7. The molecule has 0 saturated carbocycles. The van der Waals surface area contributed by atoms with Crippen LogP contribution >= 0.6 is 0 Å². The molecule has 0 aromatic heterocycles. The number of hydrogen-bond donors (Lipinski definition) is 0. The standard InChI is InChI=1S/C35H48O7/c1-8-30-23(4)32(39-20-26-12-10-9-11-13-26)22(3)29(36)19-14-21(2)31-24(5)33(25(6)34(37)40-30)42-35(41-31)27-15-17-28(38-7)18-16-27/h9-13,15-18,21-25,30-33,35H,8,14,19-20H2,1-7H3/t21-,22-,23-,24+,25+,30+,31-,32+,33-,35-/m0/s1. The molecule has 2 aromatic carbocycles. The highest BCUT2D eigenvalue weighted by atomic mass is 16.7. The third kappa shape index (κ3) is 7.42. The normalized spacial score (nSPS) is 34.7. The lowest BCUT2D eigenvalue weighted by atomic mass is 9.79. The van der Waals surface area contributed by atoms with E-state index in [2.05, 4.69) is 13.8 Å². The molecule has 2 saturated heterocycles.